The summed E-state index contributed by atoms with van der Waals surface area (Å²) in [6.45, 7) is 2.90. The number of carbonyl (C=O) groups is 1. The molecule has 7 nitrogen and oxygen atoms in total. The minimum Gasteiger partial charge on any atom is -0.434 e. The third kappa shape index (κ3) is 7.31. The third-order valence-electron chi connectivity index (χ3n) is 5.07. The van der Waals surface area contributed by atoms with E-state index in [9.17, 15) is 13.6 Å². The quantitative estimate of drug-likeness (QED) is 0.322. The number of ether oxygens (including phenoxy) is 2. The van der Waals surface area contributed by atoms with Crippen LogP contribution in [0.2, 0.25) is 5.02 Å². The van der Waals surface area contributed by atoms with E-state index in [-0.39, 0.29) is 48.3 Å². The molecule has 1 N–H and O–H groups in total. The molecule has 2 heterocycles. The van der Waals surface area contributed by atoms with Crippen LogP contribution in [-0.4, -0.2) is 73.7 Å². The second-order valence-corrected chi connectivity index (χ2v) is 7.55. The Morgan fingerprint density at radius 1 is 1.32 bits per heavy atom. The summed E-state index contributed by atoms with van der Waals surface area (Å²) < 4.78 is 35.4. The van der Waals surface area contributed by atoms with Crippen molar-refractivity contribution in [2.45, 2.75) is 39.0 Å². The molecule has 1 atom stereocenters. The number of carbonyl (C=O) groups excluding carboxylic acids is 1. The number of aliphatic imine (C=N–C) groups is 1. The van der Waals surface area contributed by atoms with Gasteiger partial charge in [0.1, 0.15) is 11.9 Å². The Balaban J connectivity index is 0.00000341. The molecule has 0 aliphatic carbocycles. The molecule has 1 unspecified atom stereocenters. The van der Waals surface area contributed by atoms with E-state index in [1.807, 2.05) is 11.8 Å². The molecule has 0 spiro atoms. The highest BCUT2D eigenvalue weighted by Crippen LogP contribution is 2.25. The van der Waals surface area contributed by atoms with Gasteiger partial charge < -0.3 is 24.6 Å². The van der Waals surface area contributed by atoms with Crippen LogP contribution in [-0.2, 0) is 16.1 Å². The number of rotatable bonds is 6. The summed E-state index contributed by atoms with van der Waals surface area (Å²) in [5.41, 5.74) is 0.477. The molecule has 1 amide bonds. The van der Waals surface area contributed by atoms with Crippen molar-refractivity contribution >= 4 is 47.4 Å². The molecule has 3 rings (SSSR count). The third-order valence-corrected chi connectivity index (χ3v) is 5.30. The fraction of sp³-hybridized carbons (Fsp3) is 0.600. The van der Waals surface area contributed by atoms with Crippen LogP contribution in [0, 0.1) is 0 Å². The smallest absolute Gasteiger partial charge is 0.387 e. The Bertz CT molecular complexity index is 758. The molecule has 174 valence electrons. The lowest BCUT2D eigenvalue weighted by Gasteiger charge is -2.37. The molecule has 1 aromatic carbocycles. The van der Waals surface area contributed by atoms with Crippen molar-refractivity contribution in [3.63, 3.8) is 0 Å². The standard InChI is InChI=1S/C20H27ClF2N4O3.HI/c1-2-24-20(25-13-14-12-15(21)5-6-16(14)30-19(22)23)27-9-7-26(8-10-27)18(28)17-4-3-11-29-17;/h5-6,12,17,19H,2-4,7-11,13H2,1H3,(H,24,25);1H. The summed E-state index contributed by atoms with van der Waals surface area (Å²) >= 11 is 6.01. The van der Waals surface area contributed by atoms with Crippen molar-refractivity contribution in [1.82, 2.24) is 15.1 Å². The average molecular weight is 573 g/mol. The fourth-order valence-electron chi connectivity index (χ4n) is 3.58. The largest absolute Gasteiger partial charge is 0.434 e. The van der Waals surface area contributed by atoms with Crippen LogP contribution in [0.3, 0.4) is 0 Å². The van der Waals surface area contributed by atoms with Crippen LogP contribution in [0.5, 0.6) is 5.75 Å². The Hall–Kier alpha value is -1.40. The maximum Gasteiger partial charge on any atom is 0.387 e. The minimum absolute atomic E-state index is 0. The van der Waals surface area contributed by atoms with Gasteiger partial charge in [-0.05, 0) is 38.0 Å². The van der Waals surface area contributed by atoms with E-state index >= 15 is 0 Å². The van der Waals surface area contributed by atoms with E-state index in [0.29, 0.717) is 55.9 Å². The Labute approximate surface area is 203 Å². The molecule has 1 aromatic rings. The highest BCUT2D eigenvalue weighted by molar-refractivity contribution is 14.0. The zero-order chi connectivity index (χ0) is 21.5. The van der Waals surface area contributed by atoms with E-state index in [4.69, 9.17) is 16.3 Å². The van der Waals surface area contributed by atoms with Crippen LogP contribution < -0.4 is 10.1 Å². The predicted octanol–water partition coefficient (Wildman–Crippen LogP) is 3.35. The highest BCUT2D eigenvalue weighted by atomic mass is 127. The summed E-state index contributed by atoms with van der Waals surface area (Å²) in [6, 6.07) is 4.49. The second-order valence-electron chi connectivity index (χ2n) is 7.11. The van der Waals surface area contributed by atoms with Gasteiger partial charge in [-0.25, -0.2) is 4.99 Å². The molecule has 0 aromatic heterocycles. The number of hydrogen-bond donors (Lipinski definition) is 1. The van der Waals surface area contributed by atoms with Crippen molar-refractivity contribution < 1.29 is 23.0 Å². The summed E-state index contributed by atoms with van der Waals surface area (Å²) in [6.07, 6.45) is 1.40. The van der Waals surface area contributed by atoms with Gasteiger partial charge in [0.15, 0.2) is 5.96 Å². The van der Waals surface area contributed by atoms with Crippen LogP contribution in [0.15, 0.2) is 23.2 Å². The van der Waals surface area contributed by atoms with E-state index in [2.05, 4.69) is 19.9 Å². The van der Waals surface area contributed by atoms with Gasteiger partial charge in [0.2, 0.25) is 0 Å². The lowest BCUT2D eigenvalue weighted by atomic mass is 10.2. The summed E-state index contributed by atoms with van der Waals surface area (Å²) in [5, 5.41) is 3.65. The molecule has 2 fully saturated rings. The lowest BCUT2D eigenvalue weighted by molar-refractivity contribution is -0.142. The van der Waals surface area contributed by atoms with Crippen LogP contribution in [0.4, 0.5) is 8.78 Å². The summed E-state index contributed by atoms with van der Waals surface area (Å²) in [4.78, 5) is 21.0. The number of nitrogens with one attached hydrogen (secondary N) is 1. The summed E-state index contributed by atoms with van der Waals surface area (Å²) in [7, 11) is 0. The van der Waals surface area contributed by atoms with Gasteiger partial charge in [0, 0.05) is 49.9 Å². The Morgan fingerprint density at radius 3 is 2.65 bits per heavy atom. The Morgan fingerprint density at radius 2 is 2.03 bits per heavy atom. The molecular formula is C20H28ClF2IN4O3. The van der Waals surface area contributed by atoms with Gasteiger partial charge in [-0.1, -0.05) is 11.6 Å². The number of halogens is 4. The number of piperazine rings is 1. The Kier molecular flexibility index (Phi) is 10.5. The monoisotopic (exact) mass is 572 g/mol. The molecule has 2 saturated heterocycles. The van der Waals surface area contributed by atoms with Crippen LogP contribution in [0.1, 0.15) is 25.3 Å². The number of benzene rings is 1. The average Bonchev–Trinajstić information content (AvgIpc) is 3.27. The van der Waals surface area contributed by atoms with Crippen LogP contribution >= 0.6 is 35.6 Å². The van der Waals surface area contributed by atoms with Crippen LogP contribution in [0.25, 0.3) is 0 Å². The van der Waals surface area contributed by atoms with Crippen molar-refractivity contribution in [1.29, 1.82) is 0 Å². The van der Waals surface area contributed by atoms with Gasteiger partial charge in [0.05, 0.1) is 6.54 Å². The molecule has 2 aliphatic heterocycles. The number of hydrogen-bond acceptors (Lipinski definition) is 4. The molecule has 31 heavy (non-hydrogen) atoms. The maximum absolute atomic E-state index is 12.7. The minimum atomic E-state index is -2.92. The topological polar surface area (TPSA) is 66.4 Å². The molecule has 0 saturated carbocycles. The van der Waals surface area contributed by atoms with Gasteiger partial charge in [-0.3, -0.25) is 4.79 Å². The number of nitrogens with zero attached hydrogens (tertiary/aromatic N) is 3. The SMILES string of the molecule is CCNC(=NCc1cc(Cl)ccc1OC(F)F)N1CCN(C(=O)C2CCCO2)CC1.I. The number of amides is 1. The molecule has 11 heteroatoms. The van der Waals surface area contributed by atoms with Gasteiger partial charge >= 0.3 is 6.61 Å². The molecule has 0 radical (unpaired) electrons. The lowest BCUT2D eigenvalue weighted by Crippen LogP contribution is -2.55. The maximum atomic E-state index is 12.7. The first kappa shape index (κ1) is 25.9. The first-order valence-electron chi connectivity index (χ1n) is 10.1. The molecule has 0 bridgehead atoms. The first-order chi connectivity index (χ1) is 14.5. The molecular weight excluding hydrogens is 545 g/mol. The van der Waals surface area contributed by atoms with Crippen molar-refractivity contribution in [3.05, 3.63) is 28.8 Å². The van der Waals surface area contributed by atoms with Gasteiger partial charge in [-0.15, -0.1) is 24.0 Å². The van der Waals surface area contributed by atoms with Gasteiger partial charge in [-0.2, -0.15) is 8.78 Å². The van der Waals surface area contributed by atoms with E-state index in [1.54, 1.807) is 6.07 Å². The van der Waals surface area contributed by atoms with Crippen molar-refractivity contribution in [2.75, 3.05) is 39.3 Å². The highest BCUT2D eigenvalue weighted by Gasteiger charge is 2.30. The second kappa shape index (κ2) is 12.6. The molecule has 2 aliphatic rings. The predicted molar refractivity (Wildman–Crippen MR) is 125 cm³/mol. The normalized spacial score (nSPS) is 19.4. The first-order valence-corrected chi connectivity index (χ1v) is 10.5. The van der Waals surface area contributed by atoms with Crippen molar-refractivity contribution in [3.8, 4) is 5.75 Å². The zero-order valence-corrected chi connectivity index (χ0v) is 20.4. The van der Waals surface area contributed by atoms with Gasteiger partial charge in [0.25, 0.3) is 5.91 Å². The number of guanidine groups is 1. The van der Waals surface area contributed by atoms with E-state index < -0.39 is 6.61 Å². The van der Waals surface area contributed by atoms with E-state index in [0.717, 1.165) is 12.8 Å². The van der Waals surface area contributed by atoms with E-state index in [1.165, 1.54) is 12.1 Å². The zero-order valence-electron chi connectivity index (χ0n) is 17.4. The summed E-state index contributed by atoms with van der Waals surface area (Å²) in [5.74, 6) is 0.771. The number of alkyl halides is 2. The van der Waals surface area contributed by atoms with Crippen molar-refractivity contribution in [2.24, 2.45) is 4.99 Å². The fourth-order valence-corrected chi connectivity index (χ4v) is 3.78.